The summed E-state index contributed by atoms with van der Waals surface area (Å²) in [7, 11) is 4.51. The number of esters is 1. The van der Waals surface area contributed by atoms with Gasteiger partial charge in [0.05, 0.1) is 54.8 Å². The molecule has 13 heteroatoms. The van der Waals surface area contributed by atoms with Gasteiger partial charge in [0.15, 0.2) is 27.8 Å². The lowest BCUT2D eigenvalue weighted by molar-refractivity contribution is -0.139. The van der Waals surface area contributed by atoms with Crippen molar-refractivity contribution in [3.05, 3.63) is 111 Å². The largest absolute Gasteiger partial charge is 0.493 e. The van der Waals surface area contributed by atoms with Gasteiger partial charge in [0.25, 0.3) is 5.56 Å². The molecule has 9 nitrogen and oxygen atoms in total. The number of ether oxygens (including phenoxy) is 5. The fourth-order valence-corrected chi connectivity index (χ4v) is 6.88. The summed E-state index contributed by atoms with van der Waals surface area (Å²) in [5.74, 6) is 0.617. The molecule has 0 spiro atoms. The van der Waals surface area contributed by atoms with Gasteiger partial charge in [-0.1, -0.05) is 51.0 Å². The Morgan fingerprint density at radius 2 is 1.74 bits per heavy atom. The highest BCUT2D eigenvalue weighted by molar-refractivity contribution is 9.10. The lowest BCUT2D eigenvalue weighted by atomic mass is 9.95. The molecule has 0 fully saturated rings. The van der Waals surface area contributed by atoms with Crippen molar-refractivity contribution in [3.63, 3.8) is 0 Å². The van der Waals surface area contributed by atoms with E-state index in [1.807, 2.05) is 0 Å². The van der Waals surface area contributed by atoms with Gasteiger partial charge >= 0.3 is 5.97 Å². The summed E-state index contributed by atoms with van der Waals surface area (Å²) >= 11 is 11.4. The van der Waals surface area contributed by atoms with Crippen LogP contribution in [0.25, 0.3) is 6.08 Å². The number of halogens is 3. The third-order valence-corrected chi connectivity index (χ3v) is 9.11. The van der Waals surface area contributed by atoms with Crippen LogP contribution in [0.2, 0.25) is 5.02 Å². The summed E-state index contributed by atoms with van der Waals surface area (Å²) in [6.07, 6.45) is 1.67. The van der Waals surface area contributed by atoms with E-state index >= 15 is 0 Å². The lowest BCUT2D eigenvalue weighted by Gasteiger charge is -2.26. The van der Waals surface area contributed by atoms with E-state index in [0.717, 1.165) is 5.56 Å². The zero-order valence-corrected chi connectivity index (χ0v) is 28.6. The zero-order valence-electron chi connectivity index (χ0n) is 25.5. The Hall–Kier alpha value is -4.13. The molecule has 5 rings (SSSR count). The number of nitrogens with zero attached hydrogens (tertiary/aromatic N) is 2. The summed E-state index contributed by atoms with van der Waals surface area (Å²) in [5, 5.41) is 0.257. The number of fused-ring (bicyclic) bond motifs is 1. The number of methoxy groups -OCH3 is 3. The Labute approximate surface area is 281 Å². The highest BCUT2D eigenvalue weighted by atomic mass is 79.9. The monoisotopic (exact) mass is 730 g/mol. The average Bonchev–Trinajstić information content (AvgIpc) is 3.33. The van der Waals surface area contributed by atoms with E-state index in [2.05, 4.69) is 20.9 Å². The first-order valence-corrected chi connectivity index (χ1v) is 15.9. The third kappa shape index (κ3) is 6.55. The Morgan fingerprint density at radius 1 is 1.07 bits per heavy atom. The van der Waals surface area contributed by atoms with Crippen molar-refractivity contribution < 1.29 is 32.9 Å². The number of carbonyl (C=O) groups excluding carboxylic acids is 1. The molecular weight excluding hydrogens is 703 g/mol. The maximum Gasteiger partial charge on any atom is 0.338 e. The van der Waals surface area contributed by atoms with Gasteiger partial charge in [0.2, 0.25) is 0 Å². The predicted octanol–water partition coefficient (Wildman–Crippen LogP) is 5.96. The number of carbonyl (C=O) groups is 1. The molecule has 1 aliphatic rings. The van der Waals surface area contributed by atoms with Crippen LogP contribution in [-0.4, -0.2) is 38.5 Å². The molecule has 1 aromatic heterocycles. The lowest BCUT2D eigenvalue weighted by Crippen LogP contribution is -2.40. The van der Waals surface area contributed by atoms with E-state index < -0.39 is 12.0 Å². The molecule has 3 aromatic carbocycles. The first kappa shape index (κ1) is 33.2. The first-order chi connectivity index (χ1) is 22.1. The minimum Gasteiger partial charge on any atom is -0.493 e. The van der Waals surface area contributed by atoms with Crippen LogP contribution in [0.15, 0.2) is 74.1 Å². The van der Waals surface area contributed by atoms with E-state index in [1.165, 1.54) is 49.4 Å². The average molecular weight is 732 g/mol. The molecular formula is C33H29BrClFN2O7S. The van der Waals surface area contributed by atoms with Gasteiger partial charge in [-0.25, -0.2) is 14.2 Å². The normalized spacial score (nSPS) is 14.4. The molecule has 0 radical (unpaired) electrons. The Bertz CT molecular complexity index is 2030. The van der Waals surface area contributed by atoms with Gasteiger partial charge in [0.1, 0.15) is 12.4 Å². The number of benzene rings is 3. The molecule has 0 unspecified atom stereocenters. The smallest absolute Gasteiger partial charge is 0.338 e. The van der Waals surface area contributed by atoms with Crippen molar-refractivity contribution in [1.29, 1.82) is 0 Å². The number of aromatic nitrogens is 1. The molecule has 1 atom stereocenters. The number of allylic oxidation sites excluding steroid dienone is 1. The van der Waals surface area contributed by atoms with E-state index in [-0.39, 0.29) is 35.2 Å². The second-order valence-corrected chi connectivity index (χ2v) is 12.3. The third-order valence-electron chi connectivity index (χ3n) is 7.16. The Kier molecular flexibility index (Phi) is 10.2. The van der Waals surface area contributed by atoms with Gasteiger partial charge in [-0.2, -0.15) is 0 Å². The highest BCUT2D eigenvalue weighted by Gasteiger charge is 2.35. The van der Waals surface area contributed by atoms with Crippen LogP contribution in [0, 0.1) is 5.82 Å². The van der Waals surface area contributed by atoms with Crippen LogP contribution in [0.4, 0.5) is 4.39 Å². The maximum absolute atomic E-state index is 14.1. The van der Waals surface area contributed by atoms with Gasteiger partial charge in [-0.15, -0.1) is 0 Å². The van der Waals surface area contributed by atoms with E-state index in [0.29, 0.717) is 53.6 Å². The van der Waals surface area contributed by atoms with Gasteiger partial charge in [0, 0.05) is 4.47 Å². The number of rotatable bonds is 10. The van der Waals surface area contributed by atoms with Crippen molar-refractivity contribution >= 4 is 50.9 Å². The second kappa shape index (κ2) is 14.1. The predicted molar refractivity (Wildman–Crippen MR) is 176 cm³/mol. The maximum atomic E-state index is 14.1. The topological polar surface area (TPSA) is 97.6 Å². The molecule has 0 N–H and O–H groups in total. The minimum atomic E-state index is -0.882. The van der Waals surface area contributed by atoms with Gasteiger partial charge < -0.3 is 23.7 Å². The molecule has 240 valence electrons. The number of thiazole rings is 1. The van der Waals surface area contributed by atoms with Crippen LogP contribution in [0.3, 0.4) is 0 Å². The van der Waals surface area contributed by atoms with E-state index in [4.69, 9.17) is 35.3 Å². The zero-order chi connectivity index (χ0) is 33.1. The molecule has 0 bridgehead atoms. The van der Waals surface area contributed by atoms with Crippen LogP contribution < -0.4 is 33.8 Å². The highest BCUT2D eigenvalue weighted by Crippen LogP contribution is 2.41. The van der Waals surface area contributed by atoms with Crippen molar-refractivity contribution in [3.8, 4) is 23.0 Å². The molecule has 1 aliphatic heterocycles. The summed E-state index contributed by atoms with van der Waals surface area (Å²) in [5.41, 5.74) is 2.17. The summed E-state index contributed by atoms with van der Waals surface area (Å²) in [6, 6.07) is 11.8. The van der Waals surface area contributed by atoms with Crippen LogP contribution in [0.5, 0.6) is 23.0 Å². The number of hydrogen-bond acceptors (Lipinski definition) is 9. The molecule has 2 heterocycles. The van der Waals surface area contributed by atoms with E-state index in [1.54, 1.807) is 56.3 Å². The SMILES string of the molecule is CCOC(=O)C1=C(C)N=c2s/c(=C\c3cc(Cl)c(OCc4ccc(F)cc4)c(OC)c3)c(=O)n2[C@H]1c1cc(OC)c(OC)cc1Br. The van der Waals surface area contributed by atoms with Crippen LogP contribution >= 0.6 is 38.9 Å². The summed E-state index contributed by atoms with van der Waals surface area (Å²) < 4.78 is 43.6. The molecule has 0 amide bonds. The van der Waals surface area contributed by atoms with Crippen molar-refractivity contribution in [2.75, 3.05) is 27.9 Å². The standard InChI is InChI=1S/C33H29BrClFN2O7S/c1-6-44-32(40)28-17(2)37-33-38(29(28)21-14-24(41-3)25(42-4)15-22(21)34)31(39)27(46-33)13-19-11-23(35)30(26(12-19)43-5)45-16-18-7-9-20(36)10-8-18/h7-15,29H,6,16H2,1-5H3/b27-13-/t29-/m0/s1. The summed E-state index contributed by atoms with van der Waals surface area (Å²) in [6.45, 7) is 3.71. The van der Waals surface area contributed by atoms with Crippen molar-refractivity contribution in [1.82, 2.24) is 4.57 Å². The number of hydrogen-bond donors (Lipinski definition) is 0. The molecule has 0 saturated heterocycles. The fourth-order valence-electron chi connectivity index (χ4n) is 5.02. The Morgan fingerprint density at radius 3 is 2.39 bits per heavy atom. The van der Waals surface area contributed by atoms with Gasteiger partial charge in [-0.05, 0) is 73.0 Å². The van der Waals surface area contributed by atoms with E-state index in [9.17, 15) is 14.0 Å². The minimum absolute atomic E-state index is 0.141. The summed E-state index contributed by atoms with van der Waals surface area (Å²) in [4.78, 5) is 32.5. The first-order valence-electron chi connectivity index (χ1n) is 14.0. The Balaban J connectivity index is 1.62. The van der Waals surface area contributed by atoms with Crippen molar-refractivity contribution in [2.24, 2.45) is 4.99 Å². The van der Waals surface area contributed by atoms with Crippen LogP contribution in [-0.2, 0) is 16.1 Å². The van der Waals surface area contributed by atoms with Crippen LogP contribution in [0.1, 0.15) is 36.6 Å². The fraction of sp³-hybridized carbons (Fsp3) is 0.242. The van der Waals surface area contributed by atoms with Gasteiger partial charge in [-0.3, -0.25) is 9.36 Å². The molecule has 4 aromatic rings. The molecule has 0 saturated carbocycles. The quantitative estimate of drug-likeness (QED) is 0.186. The van der Waals surface area contributed by atoms with Crippen molar-refractivity contribution in [2.45, 2.75) is 26.5 Å². The second-order valence-electron chi connectivity index (χ2n) is 9.98. The molecule has 0 aliphatic carbocycles. The molecule has 46 heavy (non-hydrogen) atoms.